The van der Waals surface area contributed by atoms with Crippen molar-refractivity contribution in [1.82, 2.24) is 0 Å². The maximum Gasteiger partial charge on any atom is 0.398 e. The number of halogens is 3. The van der Waals surface area contributed by atoms with Crippen LogP contribution in [-0.4, -0.2) is 6.18 Å². The molecule has 0 aliphatic heterocycles. The molecule has 1 saturated carbocycles. The zero-order valence-corrected chi connectivity index (χ0v) is 7.86. The first-order valence-corrected chi connectivity index (χ1v) is 4.60. The van der Waals surface area contributed by atoms with E-state index in [9.17, 15) is 13.2 Å². The number of hydrogen-bond acceptors (Lipinski definition) is 0. The van der Waals surface area contributed by atoms with Crippen LogP contribution in [-0.2, 0) is 5.41 Å². The Labute approximate surface area is 80.7 Å². The molecule has 3 heteroatoms. The summed E-state index contributed by atoms with van der Waals surface area (Å²) in [5, 5.41) is 0. The molecule has 0 nitrogen and oxygen atoms in total. The van der Waals surface area contributed by atoms with E-state index >= 15 is 0 Å². The van der Waals surface area contributed by atoms with Gasteiger partial charge in [0, 0.05) is 0 Å². The predicted octanol–water partition coefficient (Wildman–Crippen LogP) is 3.59. The standard InChI is InChI=1S/C11H11F3/c1-8-4-2-3-5-9(8)10(6-7-10)11(12,13)14/h2-5H,6-7H2,1H3. The number of aryl methyl sites for hydroxylation is 1. The summed E-state index contributed by atoms with van der Waals surface area (Å²) < 4.78 is 38.3. The summed E-state index contributed by atoms with van der Waals surface area (Å²) in [4.78, 5) is 0. The SMILES string of the molecule is Cc1ccccc1C1(C(F)(F)F)CC1. The average molecular weight is 200 g/mol. The van der Waals surface area contributed by atoms with E-state index in [4.69, 9.17) is 0 Å². The van der Waals surface area contributed by atoms with Crippen LogP contribution in [0.4, 0.5) is 13.2 Å². The molecule has 1 aliphatic carbocycles. The predicted molar refractivity (Wildman–Crippen MR) is 48.1 cm³/mol. The van der Waals surface area contributed by atoms with Gasteiger partial charge < -0.3 is 0 Å². The van der Waals surface area contributed by atoms with Gasteiger partial charge in [0.1, 0.15) is 0 Å². The first kappa shape index (κ1) is 9.56. The monoisotopic (exact) mass is 200 g/mol. The molecule has 0 atom stereocenters. The quantitative estimate of drug-likeness (QED) is 0.649. The van der Waals surface area contributed by atoms with Crippen molar-refractivity contribution in [2.45, 2.75) is 31.4 Å². The van der Waals surface area contributed by atoms with Crippen molar-refractivity contribution in [2.24, 2.45) is 0 Å². The summed E-state index contributed by atoms with van der Waals surface area (Å²) in [5.41, 5.74) is -0.340. The van der Waals surface area contributed by atoms with Gasteiger partial charge in [0.25, 0.3) is 0 Å². The van der Waals surface area contributed by atoms with Crippen molar-refractivity contribution in [1.29, 1.82) is 0 Å². The Morgan fingerprint density at radius 3 is 2.14 bits per heavy atom. The molecule has 0 amide bonds. The lowest BCUT2D eigenvalue weighted by molar-refractivity contribution is -0.160. The summed E-state index contributed by atoms with van der Waals surface area (Å²) in [6.45, 7) is 1.74. The van der Waals surface area contributed by atoms with Gasteiger partial charge in [-0.05, 0) is 30.9 Å². The minimum absolute atomic E-state index is 0.237. The topological polar surface area (TPSA) is 0 Å². The molecular formula is C11H11F3. The fourth-order valence-electron chi connectivity index (χ4n) is 1.94. The van der Waals surface area contributed by atoms with Crippen molar-refractivity contribution < 1.29 is 13.2 Å². The second kappa shape index (κ2) is 2.75. The van der Waals surface area contributed by atoms with E-state index in [0.29, 0.717) is 5.56 Å². The first-order valence-electron chi connectivity index (χ1n) is 4.60. The highest BCUT2D eigenvalue weighted by Crippen LogP contribution is 2.59. The summed E-state index contributed by atoms with van der Waals surface area (Å²) in [7, 11) is 0. The third-order valence-corrected chi connectivity index (χ3v) is 2.95. The van der Waals surface area contributed by atoms with Crippen LogP contribution in [0.5, 0.6) is 0 Å². The van der Waals surface area contributed by atoms with Crippen molar-refractivity contribution >= 4 is 0 Å². The molecule has 0 unspecified atom stereocenters. The lowest BCUT2D eigenvalue weighted by Crippen LogP contribution is -2.29. The molecule has 0 N–H and O–H groups in total. The number of benzene rings is 1. The Balaban J connectivity index is 2.46. The molecule has 0 aromatic heterocycles. The third kappa shape index (κ3) is 1.22. The first-order chi connectivity index (χ1) is 6.47. The van der Waals surface area contributed by atoms with Gasteiger partial charge in [-0.15, -0.1) is 0 Å². The number of rotatable bonds is 1. The van der Waals surface area contributed by atoms with Crippen LogP contribution in [0, 0.1) is 6.92 Å². The lowest BCUT2D eigenvalue weighted by atomic mass is 9.91. The summed E-state index contributed by atoms with van der Waals surface area (Å²) >= 11 is 0. The van der Waals surface area contributed by atoms with Gasteiger partial charge >= 0.3 is 6.18 Å². The van der Waals surface area contributed by atoms with E-state index < -0.39 is 11.6 Å². The Morgan fingerprint density at radius 1 is 1.14 bits per heavy atom. The third-order valence-electron chi connectivity index (χ3n) is 2.95. The normalized spacial score (nSPS) is 19.4. The Bertz CT molecular complexity index is 348. The van der Waals surface area contributed by atoms with Gasteiger partial charge in [0.15, 0.2) is 0 Å². The van der Waals surface area contributed by atoms with Crippen molar-refractivity contribution in [3.63, 3.8) is 0 Å². The fraction of sp³-hybridized carbons (Fsp3) is 0.455. The molecule has 1 fully saturated rings. The van der Waals surface area contributed by atoms with Crippen LogP contribution in [0.15, 0.2) is 24.3 Å². The number of alkyl halides is 3. The maximum absolute atomic E-state index is 12.8. The van der Waals surface area contributed by atoms with E-state index in [0.717, 1.165) is 5.56 Å². The molecule has 14 heavy (non-hydrogen) atoms. The molecule has 0 saturated heterocycles. The van der Waals surface area contributed by atoms with Crippen LogP contribution in [0.25, 0.3) is 0 Å². The van der Waals surface area contributed by atoms with Gasteiger partial charge in [-0.25, -0.2) is 0 Å². The van der Waals surface area contributed by atoms with Crippen molar-refractivity contribution in [2.75, 3.05) is 0 Å². The zero-order valence-electron chi connectivity index (χ0n) is 7.86. The van der Waals surface area contributed by atoms with Crippen LogP contribution in [0.3, 0.4) is 0 Å². The Morgan fingerprint density at radius 2 is 1.71 bits per heavy atom. The Hall–Kier alpha value is -0.990. The average Bonchev–Trinajstić information content (AvgIpc) is 2.84. The molecule has 2 rings (SSSR count). The molecule has 1 aliphatic rings. The number of hydrogen-bond donors (Lipinski definition) is 0. The van der Waals surface area contributed by atoms with Gasteiger partial charge in [-0.2, -0.15) is 13.2 Å². The second-order valence-electron chi connectivity index (χ2n) is 3.89. The lowest BCUT2D eigenvalue weighted by Gasteiger charge is -2.21. The minimum Gasteiger partial charge on any atom is -0.170 e. The molecule has 0 spiro atoms. The maximum atomic E-state index is 12.8. The summed E-state index contributed by atoms with van der Waals surface area (Å²) in [5.74, 6) is 0. The van der Waals surface area contributed by atoms with E-state index in [1.165, 1.54) is 0 Å². The Kier molecular flexibility index (Phi) is 1.88. The van der Waals surface area contributed by atoms with Crippen molar-refractivity contribution in [3.8, 4) is 0 Å². The molecule has 0 radical (unpaired) electrons. The highest BCUT2D eigenvalue weighted by molar-refractivity contribution is 5.39. The fourth-order valence-corrected chi connectivity index (χ4v) is 1.94. The van der Waals surface area contributed by atoms with Crippen LogP contribution in [0.1, 0.15) is 24.0 Å². The van der Waals surface area contributed by atoms with Crippen LogP contribution in [0.2, 0.25) is 0 Å². The highest BCUT2D eigenvalue weighted by Gasteiger charge is 2.64. The summed E-state index contributed by atoms with van der Waals surface area (Å²) in [6, 6.07) is 6.77. The molecule has 76 valence electrons. The second-order valence-corrected chi connectivity index (χ2v) is 3.89. The smallest absolute Gasteiger partial charge is 0.170 e. The van der Waals surface area contributed by atoms with E-state index in [-0.39, 0.29) is 12.8 Å². The zero-order chi connectivity index (χ0) is 10.4. The molecule has 1 aromatic rings. The summed E-state index contributed by atoms with van der Waals surface area (Å²) in [6.07, 6.45) is -3.62. The molecule has 1 aromatic carbocycles. The van der Waals surface area contributed by atoms with Gasteiger partial charge in [0.05, 0.1) is 5.41 Å². The van der Waals surface area contributed by atoms with E-state index in [1.54, 1.807) is 31.2 Å². The van der Waals surface area contributed by atoms with Gasteiger partial charge in [-0.1, -0.05) is 24.3 Å². The minimum atomic E-state index is -4.10. The van der Waals surface area contributed by atoms with E-state index in [1.807, 2.05) is 0 Å². The largest absolute Gasteiger partial charge is 0.398 e. The highest BCUT2D eigenvalue weighted by atomic mass is 19.4. The van der Waals surface area contributed by atoms with Crippen LogP contribution < -0.4 is 0 Å². The molecule has 0 heterocycles. The van der Waals surface area contributed by atoms with Gasteiger partial charge in [-0.3, -0.25) is 0 Å². The van der Waals surface area contributed by atoms with E-state index in [2.05, 4.69) is 0 Å². The molecule has 0 bridgehead atoms. The van der Waals surface area contributed by atoms with Crippen LogP contribution >= 0.6 is 0 Å². The van der Waals surface area contributed by atoms with Gasteiger partial charge in [0.2, 0.25) is 0 Å². The van der Waals surface area contributed by atoms with Crippen molar-refractivity contribution in [3.05, 3.63) is 35.4 Å². The molecular weight excluding hydrogens is 189 g/mol.